The maximum atomic E-state index is 13.2. The zero-order chi connectivity index (χ0) is 23.5. The summed E-state index contributed by atoms with van der Waals surface area (Å²) >= 11 is 0. The van der Waals surface area contributed by atoms with Crippen LogP contribution in [0.5, 0.6) is 0 Å². The fourth-order valence-electron chi connectivity index (χ4n) is 3.86. The summed E-state index contributed by atoms with van der Waals surface area (Å²) in [5, 5.41) is 2.99. The zero-order valence-electron chi connectivity index (χ0n) is 19.8. The van der Waals surface area contributed by atoms with E-state index in [-0.39, 0.29) is 41.6 Å². The lowest BCUT2D eigenvalue weighted by Crippen LogP contribution is -2.45. The molecule has 0 aliphatic heterocycles. The Bertz CT molecular complexity index is 861. The molecule has 0 aliphatic carbocycles. The number of hydrogen-bond donors (Lipinski definition) is 1. The van der Waals surface area contributed by atoms with E-state index in [1.807, 2.05) is 69.3 Å². The molecule has 32 heavy (non-hydrogen) atoms. The van der Waals surface area contributed by atoms with E-state index < -0.39 is 6.04 Å². The minimum absolute atomic E-state index is 0.00746. The van der Waals surface area contributed by atoms with Crippen LogP contribution in [0.25, 0.3) is 0 Å². The molecular formula is C28H37NO3. The summed E-state index contributed by atoms with van der Waals surface area (Å²) in [6.45, 7) is 7.53. The molecule has 1 N–H and O–H groups in total. The molecule has 0 aliphatic rings. The quantitative estimate of drug-likeness (QED) is 0.471. The SMILES string of the molecule is CC(=O)[C@@H](CC(=O)[C@H](CC(C)C)NC(=O)[C@@H](C)CCc1ccccc1)Cc1ccccc1. The van der Waals surface area contributed by atoms with Crippen molar-refractivity contribution in [2.75, 3.05) is 0 Å². The average molecular weight is 436 g/mol. The van der Waals surface area contributed by atoms with E-state index in [1.165, 1.54) is 5.56 Å². The molecule has 2 rings (SSSR count). The van der Waals surface area contributed by atoms with Gasteiger partial charge in [0.05, 0.1) is 6.04 Å². The van der Waals surface area contributed by atoms with Crippen LogP contribution in [0.4, 0.5) is 0 Å². The van der Waals surface area contributed by atoms with E-state index in [4.69, 9.17) is 0 Å². The van der Waals surface area contributed by atoms with Gasteiger partial charge in [-0.2, -0.15) is 0 Å². The van der Waals surface area contributed by atoms with Gasteiger partial charge in [0.2, 0.25) is 5.91 Å². The molecule has 0 saturated heterocycles. The number of aryl methyl sites for hydroxylation is 1. The predicted molar refractivity (Wildman–Crippen MR) is 129 cm³/mol. The molecule has 0 saturated carbocycles. The van der Waals surface area contributed by atoms with Crippen LogP contribution in [0.15, 0.2) is 60.7 Å². The summed E-state index contributed by atoms with van der Waals surface area (Å²) in [5.41, 5.74) is 2.24. The Balaban J connectivity index is 1.99. The Labute approximate surface area is 192 Å². The second kappa shape index (κ2) is 12.9. The van der Waals surface area contributed by atoms with Gasteiger partial charge in [-0.3, -0.25) is 14.4 Å². The van der Waals surface area contributed by atoms with Crippen molar-refractivity contribution in [2.45, 2.75) is 65.8 Å². The van der Waals surface area contributed by atoms with Crippen molar-refractivity contribution in [3.05, 3.63) is 71.8 Å². The Hall–Kier alpha value is -2.75. The predicted octanol–water partition coefficient (Wildman–Crippen LogP) is 5.19. The molecule has 4 heteroatoms. The van der Waals surface area contributed by atoms with Gasteiger partial charge < -0.3 is 5.32 Å². The fourth-order valence-corrected chi connectivity index (χ4v) is 3.86. The van der Waals surface area contributed by atoms with Crippen LogP contribution in [-0.4, -0.2) is 23.5 Å². The minimum Gasteiger partial charge on any atom is -0.346 e. The number of carbonyl (C=O) groups excluding carboxylic acids is 3. The van der Waals surface area contributed by atoms with Crippen LogP contribution in [0.2, 0.25) is 0 Å². The van der Waals surface area contributed by atoms with Crippen LogP contribution in [0, 0.1) is 17.8 Å². The number of hydrogen-bond acceptors (Lipinski definition) is 3. The number of carbonyl (C=O) groups is 3. The highest BCUT2D eigenvalue weighted by Crippen LogP contribution is 2.18. The standard InChI is InChI=1S/C28H37NO3/c1-20(2)17-26(29-28(32)21(3)15-16-23-11-7-5-8-12-23)27(31)19-25(22(4)30)18-24-13-9-6-10-14-24/h5-14,20-21,25-26H,15-19H2,1-4H3,(H,29,32)/t21-,25+,26-/m0/s1. The molecule has 0 heterocycles. The van der Waals surface area contributed by atoms with Crippen molar-refractivity contribution in [1.29, 1.82) is 0 Å². The first-order valence-corrected chi connectivity index (χ1v) is 11.7. The van der Waals surface area contributed by atoms with Gasteiger partial charge in [-0.1, -0.05) is 81.4 Å². The van der Waals surface area contributed by atoms with Gasteiger partial charge >= 0.3 is 0 Å². The molecular weight excluding hydrogens is 398 g/mol. The third kappa shape index (κ3) is 8.78. The molecule has 0 bridgehead atoms. The number of nitrogens with one attached hydrogen (secondary N) is 1. The summed E-state index contributed by atoms with van der Waals surface area (Å²) in [6.07, 6.45) is 2.81. The van der Waals surface area contributed by atoms with Gasteiger partial charge in [-0.15, -0.1) is 0 Å². The number of benzene rings is 2. The highest BCUT2D eigenvalue weighted by molar-refractivity contribution is 5.92. The molecule has 0 fully saturated rings. The maximum Gasteiger partial charge on any atom is 0.223 e. The first-order chi connectivity index (χ1) is 15.3. The monoisotopic (exact) mass is 435 g/mol. The zero-order valence-corrected chi connectivity index (χ0v) is 19.8. The topological polar surface area (TPSA) is 63.2 Å². The first-order valence-electron chi connectivity index (χ1n) is 11.7. The molecule has 2 aromatic carbocycles. The van der Waals surface area contributed by atoms with Crippen LogP contribution in [0.1, 0.15) is 58.1 Å². The van der Waals surface area contributed by atoms with Gasteiger partial charge in [0.1, 0.15) is 5.78 Å². The van der Waals surface area contributed by atoms with E-state index in [2.05, 4.69) is 17.4 Å². The number of Topliss-reactive ketones (excluding diaryl/α,β-unsaturated/α-hetero) is 2. The van der Waals surface area contributed by atoms with Crippen molar-refractivity contribution in [3.63, 3.8) is 0 Å². The molecule has 172 valence electrons. The largest absolute Gasteiger partial charge is 0.346 e. The second-order valence-corrected chi connectivity index (χ2v) is 9.28. The van der Waals surface area contributed by atoms with E-state index in [0.29, 0.717) is 12.8 Å². The molecule has 4 nitrogen and oxygen atoms in total. The van der Waals surface area contributed by atoms with Crippen LogP contribution >= 0.6 is 0 Å². The number of ketones is 2. The molecule has 0 spiro atoms. The summed E-state index contributed by atoms with van der Waals surface area (Å²) in [6, 6.07) is 19.3. The first kappa shape index (κ1) is 25.5. The van der Waals surface area contributed by atoms with Crippen molar-refractivity contribution in [1.82, 2.24) is 5.32 Å². The maximum absolute atomic E-state index is 13.2. The van der Waals surface area contributed by atoms with Gasteiger partial charge in [-0.25, -0.2) is 0 Å². The van der Waals surface area contributed by atoms with Crippen LogP contribution in [-0.2, 0) is 27.2 Å². The van der Waals surface area contributed by atoms with Gasteiger partial charge in [0, 0.05) is 18.3 Å². The van der Waals surface area contributed by atoms with Gasteiger partial charge in [0.15, 0.2) is 5.78 Å². The molecule has 2 aromatic rings. The lowest BCUT2D eigenvalue weighted by Gasteiger charge is -2.23. The van der Waals surface area contributed by atoms with E-state index in [9.17, 15) is 14.4 Å². The number of amides is 1. The Morgan fingerprint density at radius 2 is 1.41 bits per heavy atom. The second-order valence-electron chi connectivity index (χ2n) is 9.28. The van der Waals surface area contributed by atoms with Gasteiger partial charge in [0.25, 0.3) is 0 Å². The highest BCUT2D eigenvalue weighted by atomic mass is 16.2. The third-order valence-corrected chi connectivity index (χ3v) is 5.92. The fraction of sp³-hybridized carbons (Fsp3) is 0.464. The lowest BCUT2D eigenvalue weighted by atomic mass is 9.87. The molecule has 1 amide bonds. The normalized spacial score (nSPS) is 13.9. The summed E-state index contributed by atoms with van der Waals surface area (Å²) in [5.74, 6) is -0.444. The molecule has 0 radical (unpaired) electrons. The summed E-state index contributed by atoms with van der Waals surface area (Å²) < 4.78 is 0. The van der Waals surface area contributed by atoms with E-state index >= 15 is 0 Å². The Morgan fingerprint density at radius 1 is 0.844 bits per heavy atom. The lowest BCUT2D eigenvalue weighted by molar-refractivity contribution is -0.132. The Kier molecular flexibility index (Phi) is 10.3. The third-order valence-electron chi connectivity index (χ3n) is 5.92. The van der Waals surface area contributed by atoms with E-state index in [1.54, 1.807) is 6.92 Å². The Morgan fingerprint density at radius 3 is 1.94 bits per heavy atom. The van der Waals surface area contributed by atoms with Crippen molar-refractivity contribution in [2.24, 2.45) is 17.8 Å². The number of rotatable bonds is 13. The average Bonchev–Trinajstić information content (AvgIpc) is 2.77. The highest BCUT2D eigenvalue weighted by Gasteiger charge is 2.28. The van der Waals surface area contributed by atoms with Gasteiger partial charge in [-0.05, 0) is 49.7 Å². The van der Waals surface area contributed by atoms with Crippen LogP contribution < -0.4 is 5.32 Å². The smallest absolute Gasteiger partial charge is 0.223 e. The molecule has 0 unspecified atom stereocenters. The summed E-state index contributed by atoms with van der Waals surface area (Å²) in [4.78, 5) is 38.2. The van der Waals surface area contributed by atoms with Crippen LogP contribution in [0.3, 0.4) is 0 Å². The molecule has 3 atom stereocenters. The van der Waals surface area contributed by atoms with Crippen molar-refractivity contribution >= 4 is 17.5 Å². The minimum atomic E-state index is -0.556. The molecule has 0 aromatic heterocycles. The van der Waals surface area contributed by atoms with Crippen molar-refractivity contribution < 1.29 is 14.4 Å². The van der Waals surface area contributed by atoms with E-state index in [0.717, 1.165) is 18.4 Å². The summed E-state index contributed by atoms with van der Waals surface area (Å²) in [7, 11) is 0. The van der Waals surface area contributed by atoms with Crippen molar-refractivity contribution in [3.8, 4) is 0 Å².